The quantitative estimate of drug-likeness (QED) is 0.516. The van der Waals surface area contributed by atoms with Gasteiger partial charge in [-0.15, -0.1) is 0 Å². The second-order valence-electron chi connectivity index (χ2n) is 7.18. The summed E-state index contributed by atoms with van der Waals surface area (Å²) in [6.07, 6.45) is 3.88. The minimum atomic E-state index is -0.724. The molecule has 1 aromatic carbocycles. The fraction of sp³-hybridized carbons (Fsp3) is 0.238. The largest absolute Gasteiger partial charge is 0.394 e. The van der Waals surface area contributed by atoms with Gasteiger partial charge in [0.1, 0.15) is 11.6 Å². The standard InChI is InChI=1S/C21H19Cl2FN6O2/c22-14-3-5-25-19(8-14)29-20-26-9-13-4-6-30(10-17(13)27-20)21(32)28-18(11-31)12-1-2-16(24)15(23)7-12/h1-3,5,7-9,18,31H,4,6,10-11H2,(H,28,32)(H,25,26,27,29). The molecular formula is C21H19Cl2FN6O2. The molecule has 166 valence electrons. The molecule has 0 bridgehead atoms. The maximum absolute atomic E-state index is 13.4. The summed E-state index contributed by atoms with van der Waals surface area (Å²) < 4.78 is 13.4. The predicted molar refractivity (Wildman–Crippen MR) is 118 cm³/mol. The average Bonchev–Trinajstić information content (AvgIpc) is 2.78. The maximum atomic E-state index is 13.4. The summed E-state index contributed by atoms with van der Waals surface area (Å²) in [6, 6.07) is 6.28. The number of carbonyl (C=O) groups is 1. The number of hydrogen-bond donors (Lipinski definition) is 3. The van der Waals surface area contributed by atoms with Gasteiger partial charge in [0.15, 0.2) is 0 Å². The maximum Gasteiger partial charge on any atom is 0.318 e. The summed E-state index contributed by atoms with van der Waals surface area (Å²) in [4.78, 5) is 27.4. The molecule has 4 rings (SSSR count). The Hall–Kier alpha value is -3.01. The van der Waals surface area contributed by atoms with E-state index in [4.69, 9.17) is 23.2 Å². The highest BCUT2D eigenvalue weighted by Crippen LogP contribution is 2.23. The number of nitrogens with zero attached hydrogens (tertiary/aromatic N) is 4. The third-order valence-electron chi connectivity index (χ3n) is 5.02. The third kappa shape index (κ3) is 5.07. The molecule has 2 amide bonds. The van der Waals surface area contributed by atoms with Gasteiger partial charge in [-0.1, -0.05) is 29.3 Å². The molecule has 0 fully saturated rings. The van der Waals surface area contributed by atoms with Crippen molar-refractivity contribution in [3.8, 4) is 0 Å². The number of hydrogen-bond acceptors (Lipinski definition) is 6. The molecular weight excluding hydrogens is 458 g/mol. The van der Waals surface area contributed by atoms with Gasteiger partial charge in [0.2, 0.25) is 5.95 Å². The van der Waals surface area contributed by atoms with Gasteiger partial charge in [0.25, 0.3) is 0 Å². The SMILES string of the molecule is O=C(NC(CO)c1ccc(F)c(Cl)c1)N1CCc2cnc(Nc3cc(Cl)ccn3)nc2C1. The average molecular weight is 477 g/mol. The Balaban J connectivity index is 1.45. The first-order valence-corrected chi connectivity index (χ1v) is 10.5. The van der Waals surface area contributed by atoms with Crippen LogP contribution in [-0.4, -0.2) is 44.1 Å². The number of carbonyl (C=O) groups excluding carboxylic acids is 1. The van der Waals surface area contributed by atoms with Crippen LogP contribution >= 0.6 is 23.2 Å². The lowest BCUT2D eigenvalue weighted by atomic mass is 10.1. The molecule has 2 aromatic heterocycles. The molecule has 3 aromatic rings. The number of fused-ring (bicyclic) bond motifs is 1. The summed E-state index contributed by atoms with van der Waals surface area (Å²) in [5.41, 5.74) is 2.16. The van der Waals surface area contributed by atoms with E-state index >= 15 is 0 Å². The van der Waals surface area contributed by atoms with E-state index < -0.39 is 11.9 Å². The zero-order valence-corrected chi connectivity index (χ0v) is 18.2. The van der Waals surface area contributed by atoms with Gasteiger partial charge in [0.05, 0.1) is 29.9 Å². The van der Waals surface area contributed by atoms with Crippen molar-refractivity contribution in [3.63, 3.8) is 0 Å². The highest BCUT2D eigenvalue weighted by atomic mass is 35.5. The van der Waals surface area contributed by atoms with Crippen molar-refractivity contribution in [2.24, 2.45) is 0 Å². The van der Waals surface area contributed by atoms with Crippen molar-refractivity contribution in [1.82, 2.24) is 25.2 Å². The Morgan fingerprint density at radius 1 is 1.25 bits per heavy atom. The van der Waals surface area contributed by atoms with Crippen LogP contribution in [0.3, 0.4) is 0 Å². The molecule has 1 atom stereocenters. The van der Waals surface area contributed by atoms with Crippen LogP contribution in [0.4, 0.5) is 21.0 Å². The number of anilines is 2. The van der Waals surface area contributed by atoms with Crippen LogP contribution in [0.15, 0.2) is 42.7 Å². The Morgan fingerprint density at radius 2 is 2.09 bits per heavy atom. The topological polar surface area (TPSA) is 103 Å². The van der Waals surface area contributed by atoms with Crippen molar-refractivity contribution in [2.45, 2.75) is 19.0 Å². The number of halogens is 3. The van der Waals surface area contributed by atoms with E-state index in [9.17, 15) is 14.3 Å². The number of pyridine rings is 1. The van der Waals surface area contributed by atoms with Gasteiger partial charge in [0, 0.05) is 24.0 Å². The Bertz CT molecular complexity index is 1150. The van der Waals surface area contributed by atoms with Gasteiger partial charge in [-0.25, -0.2) is 24.1 Å². The number of nitrogens with one attached hydrogen (secondary N) is 2. The first kappa shape index (κ1) is 22.2. The Labute approximate surface area is 193 Å². The number of rotatable bonds is 5. The third-order valence-corrected chi connectivity index (χ3v) is 5.55. The van der Waals surface area contributed by atoms with Crippen LogP contribution in [0.2, 0.25) is 10.0 Å². The van der Waals surface area contributed by atoms with Gasteiger partial charge >= 0.3 is 6.03 Å². The number of aromatic nitrogens is 3. The molecule has 3 N–H and O–H groups in total. The van der Waals surface area contributed by atoms with E-state index in [1.807, 2.05) is 0 Å². The Morgan fingerprint density at radius 3 is 2.84 bits per heavy atom. The van der Waals surface area contributed by atoms with Gasteiger partial charge in [-0.3, -0.25) is 0 Å². The van der Waals surface area contributed by atoms with Crippen LogP contribution in [-0.2, 0) is 13.0 Å². The molecule has 0 aliphatic carbocycles. The van der Waals surface area contributed by atoms with E-state index in [0.29, 0.717) is 41.0 Å². The van der Waals surface area contributed by atoms with Crippen LogP contribution in [0.1, 0.15) is 22.9 Å². The minimum absolute atomic E-state index is 0.0759. The fourth-order valence-electron chi connectivity index (χ4n) is 3.33. The molecule has 0 saturated heterocycles. The second kappa shape index (κ2) is 9.64. The normalized spacial score (nSPS) is 13.9. The van der Waals surface area contributed by atoms with Crippen LogP contribution in [0, 0.1) is 5.82 Å². The highest BCUT2D eigenvalue weighted by molar-refractivity contribution is 6.31. The van der Waals surface area contributed by atoms with E-state index in [2.05, 4.69) is 25.6 Å². The van der Waals surface area contributed by atoms with Gasteiger partial charge in [-0.05, 0) is 41.8 Å². The first-order chi connectivity index (χ1) is 15.4. The molecule has 1 unspecified atom stereocenters. The molecule has 11 heteroatoms. The van der Waals surface area contributed by atoms with E-state index in [1.165, 1.54) is 18.2 Å². The van der Waals surface area contributed by atoms with Gasteiger partial charge in [-0.2, -0.15) is 0 Å². The molecule has 8 nitrogen and oxygen atoms in total. The predicted octanol–water partition coefficient (Wildman–Crippen LogP) is 3.86. The molecule has 32 heavy (non-hydrogen) atoms. The van der Waals surface area contributed by atoms with E-state index in [1.54, 1.807) is 29.4 Å². The molecule has 3 heterocycles. The lowest BCUT2D eigenvalue weighted by Gasteiger charge is -2.30. The molecule has 0 saturated carbocycles. The van der Waals surface area contributed by atoms with Crippen LogP contribution in [0.5, 0.6) is 0 Å². The van der Waals surface area contributed by atoms with E-state index in [-0.39, 0.29) is 24.2 Å². The molecule has 1 aliphatic heterocycles. The summed E-state index contributed by atoms with van der Waals surface area (Å²) in [5.74, 6) is 0.282. The summed E-state index contributed by atoms with van der Waals surface area (Å²) in [5, 5.41) is 15.9. The number of benzene rings is 1. The minimum Gasteiger partial charge on any atom is -0.394 e. The number of aliphatic hydroxyl groups excluding tert-OH is 1. The van der Waals surface area contributed by atoms with E-state index in [0.717, 1.165) is 5.56 Å². The fourth-order valence-corrected chi connectivity index (χ4v) is 3.68. The Kier molecular flexibility index (Phi) is 6.69. The zero-order chi connectivity index (χ0) is 22.7. The molecule has 0 spiro atoms. The number of amides is 2. The lowest BCUT2D eigenvalue weighted by molar-refractivity contribution is 0.176. The summed E-state index contributed by atoms with van der Waals surface area (Å²) >= 11 is 11.8. The summed E-state index contributed by atoms with van der Waals surface area (Å²) in [6.45, 7) is 0.373. The van der Waals surface area contributed by atoms with Crippen molar-refractivity contribution < 1.29 is 14.3 Å². The van der Waals surface area contributed by atoms with Crippen molar-refractivity contribution >= 4 is 41.0 Å². The smallest absolute Gasteiger partial charge is 0.318 e. The van der Waals surface area contributed by atoms with Gasteiger partial charge < -0.3 is 20.6 Å². The second-order valence-corrected chi connectivity index (χ2v) is 8.02. The van der Waals surface area contributed by atoms with Crippen LogP contribution < -0.4 is 10.6 Å². The van der Waals surface area contributed by atoms with Crippen LogP contribution in [0.25, 0.3) is 0 Å². The lowest BCUT2D eigenvalue weighted by Crippen LogP contribution is -2.45. The number of urea groups is 1. The first-order valence-electron chi connectivity index (χ1n) is 9.77. The highest BCUT2D eigenvalue weighted by Gasteiger charge is 2.25. The van der Waals surface area contributed by atoms with Crippen molar-refractivity contribution in [3.05, 3.63) is 75.4 Å². The monoisotopic (exact) mass is 476 g/mol. The summed E-state index contributed by atoms with van der Waals surface area (Å²) in [7, 11) is 0. The van der Waals surface area contributed by atoms with Crippen molar-refractivity contribution in [2.75, 3.05) is 18.5 Å². The zero-order valence-electron chi connectivity index (χ0n) is 16.7. The molecule has 0 radical (unpaired) electrons. The number of aliphatic hydroxyl groups is 1. The molecule has 1 aliphatic rings. The van der Waals surface area contributed by atoms with Crippen molar-refractivity contribution in [1.29, 1.82) is 0 Å².